The molecule has 108 valence electrons. The first-order chi connectivity index (χ1) is 9.74. The number of aromatic nitrogens is 2. The van der Waals surface area contributed by atoms with E-state index in [9.17, 15) is 0 Å². The number of rotatable bonds is 7. The molecule has 0 bridgehead atoms. The molecule has 0 aliphatic carbocycles. The third-order valence-electron chi connectivity index (χ3n) is 3.47. The maximum atomic E-state index is 5.18. The number of imidazole rings is 1. The van der Waals surface area contributed by atoms with Crippen molar-refractivity contribution in [3.05, 3.63) is 48.0 Å². The van der Waals surface area contributed by atoms with Crippen molar-refractivity contribution in [3.8, 4) is 5.75 Å². The fourth-order valence-electron chi connectivity index (χ4n) is 2.21. The standard InChI is InChI=1S/C16H23N3O/c1-4-9-19-12-17-10-15(19)11-18-13(2)14-5-7-16(20-3)8-6-14/h5-8,10,12-13,18H,4,9,11H2,1-3H3/t13-/m1/s1. The lowest BCUT2D eigenvalue weighted by Gasteiger charge is -2.15. The molecule has 4 nitrogen and oxygen atoms in total. The molecular formula is C16H23N3O. The lowest BCUT2D eigenvalue weighted by atomic mass is 10.1. The topological polar surface area (TPSA) is 39.1 Å². The van der Waals surface area contributed by atoms with Gasteiger partial charge in [-0.05, 0) is 31.0 Å². The second kappa shape index (κ2) is 7.10. The van der Waals surface area contributed by atoms with Crippen molar-refractivity contribution < 1.29 is 4.74 Å². The van der Waals surface area contributed by atoms with Gasteiger partial charge in [-0.1, -0.05) is 19.1 Å². The minimum absolute atomic E-state index is 0.297. The molecule has 0 aliphatic heterocycles. The van der Waals surface area contributed by atoms with Gasteiger partial charge < -0.3 is 14.6 Å². The Morgan fingerprint density at radius 1 is 1.30 bits per heavy atom. The summed E-state index contributed by atoms with van der Waals surface area (Å²) in [6.45, 7) is 6.20. The zero-order valence-corrected chi connectivity index (χ0v) is 12.5. The summed E-state index contributed by atoms with van der Waals surface area (Å²) in [4.78, 5) is 4.22. The van der Waals surface area contributed by atoms with Crippen LogP contribution in [0.15, 0.2) is 36.8 Å². The van der Waals surface area contributed by atoms with Crippen molar-refractivity contribution in [1.29, 1.82) is 0 Å². The van der Waals surface area contributed by atoms with Crippen molar-refractivity contribution in [2.24, 2.45) is 0 Å². The van der Waals surface area contributed by atoms with Crippen LogP contribution < -0.4 is 10.1 Å². The normalized spacial score (nSPS) is 12.3. The lowest BCUT2D eigenvalue weighted by molar-refractivity contribution is 0.414. The highest BCUT2D eigenvalue weighted by Crippen LogP contribution is 2.17. The summed E-state index contributed by atoms with van der Waals surface area (Å²) in [5, 5.41) is 3.54. The molecule has 1 heterocycles. The molecule has 0 spiro atoms. The third-order valence-corrected chi connectivity index (χ3v) is 3.47. The largest absolute Gasteiger partial charge is 0.497 e. The van der Waals surface area contributed by atoms with Gasteiger partial charge in [0.2, 0.25) is 0 Å². The van der Waals surface area contributed by atoms with Crippen molar-refractivity contribution in [1.82, 2.24) is 14.9 Å². The van der Waals surface area contributed by atoms with E-state index < -0.39 is 0 Å². The Bertz CT molecular complexity index is 519. The summed E-state index contributed by atoms with van der Waals surface area (Å²) in [5.41, 5.74) is 2.49. The van der Waals surface area contributed by atoms with Crippen LogP contribution in [0.25, 0.3) is 0 Å². The van der Waals surface area contributed by atoms with Gasteiger partial charge in [0, 0.05) is 25.3 Å². The smallest absolute Gasteiger partial charge is 0.118 e. The van der Waals surface area contributed by atoms with Gasteiger partial charge in [0.25, 0.3) is 0 Å². The van der Waals surface area contributed by atoms with Gasteiger partial charge >= 0.3 is 0 Å². The van der Waals surface area contributed by atoms with Gasteiger partial charge in [-0.15, -0.1) is 0 Å². The highest BCUT2D eigenvalue weighted by atomic mass is 16.5. The van der Waals surface area contributed by atoms with E-state index in [1.807, 2.05) is 24.7 Å². The van der Waals surface area contributed by atoms with Crippen LogP contribution in [0.5, 0.6) is 5.75 Å². The second-order valence-corrected chi connectivity index (χ2v) is 4.95. The van der Waals surface area contributed by atoms with E-state index in [1.165, 1.54) is 11.3 Å². The Morgan fingerprint density at radius 3 is 2.70 bits per heavy atom. The van der Waals surface area contributed by atoms with E-state index in [-0.39, 0.29) is 0 Å². The Kier molecular flexibility index (Phi) is 5.18. The number of benzene rings is 1. The van der Waals surface area contributed by atoms with Crippen molar-refractivity contribution in [2.75, 3.05) is 7.11 Å². The predicted octanol–water partition coefficient (Wildman–Crippen LogP) is 3.15. The average Bonchev–Trinajstić information content (AvgIpc) is 2.92. The van der Waals surface area contributed by atoms with E-state index in [4.69, 9.17) is 4.74 Å². The molecule has 1 N–H and O–H groups in total. The van der Waals surface area contributed by atoms with Crippen LogP contribution in [-0.2, 0) is 13.1 Å². The van der Waals surface area contributed by atoms with Gasteiger partial charge in [0.05, 0.1) is 19.1 Å². The summed E-state index contributed by atoms with van der Waals surface area (Å²) in [5.74, 6) is 0.891. The maximum Gasteiger partial charge on any atom is 0.118 e. The minimum atomic E-state index is 0.297. The quantitative estimate of drug-likeness (QED) is 0.842. The van der Waals surface area contributed by atoms with Crippen molar-refractivity contribution in [3.63, 3.8) is 0 Å². The van der Waals surface area contributed by atoms with Crippen molar-refractivity contribution >= 4 is 0 Å². The van der Waals surface area contributed by atoms with Crippen LogP contribution in [0.4, 0.5) is 0 Å². The van der Waals surface area contributed by atoms with Crippen LogP contribution in [0.2, 0.25) is 0 Å². The van der Waals surface area contributed by atoms with Crippen molar-refractivity contribution in [2.45, 2.75) is 39.4 Å². The predicted molar refractivity (Wildman–Crippen MR) is 80.8 cm³/mol. The molecule has 1 atom stereocenters. The highest BCUT2D eigenvalue weighted by molar-refractivity contribution is 5.28. The summed E-state index contributed by atoms with van der Waals surface area (Å²) < 4.78 is 7.38. The van der Waals surface area contributed by atoms with Gasteiger partial charge in [-0.3, -0.25) is 0 Å². The van der Waals surface area contributed by atoms with Crippen LogP contribution in [0.1, 0.15) is 37.6 Å². The SMILES string of the molecule is CCCn1cncc1CN[C@H](C)c1ccc(OC)cc1. The van der Waals surface area contributed by atoms with Crippen LogP contribution in [0.3, 0.4) is 0 Å². The maximum absolute atomic E-state index is 5.18. The van der Waals surface area contributed by atoms with E-state index in [2.05, 4.69) is 40.8 Å². The monoisotopic (exact) mass is 273 g/mol. The molecular weight excluding hydrogens is 250 g/mol. The third kappa shape index (κ3) is 3.61. The van der Waals surface area contributed by atoms with Gasteiger partial charge in [0.1, 0.15) is 5.75 Å². The molecule has 2 aromatic rings. The Labute approximate surface area is 120 Å². The Morgan fingerprint density at radius 2 is 2.05 bits per heavy atom. The molecule has 0 saturated heterocycles. The molecule has 0 fully saturated rings. The summed E-state index contributed by atoms with van der Waals surface area (Å²) in [6.07, 6.45) is 4.96. The number of aryl methyl sites for hydroxylation is 1. The zero-order valence-electron chi connectivity index (χ0n) is 12.5. The van der Waals surface area contributed by atoms with E-state index >= 15 is 0 Å². The number of methoxy groups -OCH3 is 1. The van der Waals surface area contributed by atoms with Crippen LogP contribution >= 0.6 is 0 Å². The number of hydrogen-bond acceptors (Lipinski definition) is 3. The van der Waals surface area contributed by atoms with E-state index in [0.29, 0.717) is 6.04 Å². The molecule has 0 unspecified atom stereocenters. The Hall–Kier alpha value is -1.81. The fraction of sp³-hybridized carbons (Fsp3) is 0.438. The first kappa shape index (κ1) is 14.6. The van der Waals surface area contributed by atoms with E-state index in [0.717, 1.165) is 25.3 Å². The first-order valence-electron chi connectivity index (χ1n) is 7.11. The molecule has 20 heavy (non-hydrogen) atoms. The summed E-state index contributed by atoms with van der Waals surface area (Å²) in [7, 11) is 1.69. The summed E-state index contributed by atoms with van der Waals surface area (Å²) in [6, 6.07) is 8.48. The summed E-state index contributed by atoms with van der Waals surface area (Å²) >= 11 is 0. The molecule has 0 radical (unpaired) electrons. The molecule has 0 aliphatic rings. The van der Waals surface area contributed by atoms with Crippen LogP contribution in [-0.4, -0.2) is 16.7 Å². The molecule has 0 amide bonds. The van der Waals surface area contributed by atoms with Gasteiger partial charge in [-0.2, -0.15) is 0 Å². The first-order valence-corrected chi connectivity index (χ1v) is 7.11. The average molecular weight is 273 g/mol. The number of hydrogen-bond donors (Lipinski definition) is 1. The number of ether oxygens (including phenoxy) is 1. The Balaban J connectivity index is 1.93. The molecule has 0 saturated carbocycles. The zero-order chi connectivity index (χ0) is 14.4. The van der Waals surface area contributed by atoms with Gasteiger partial charge in [-0.25, -0.2) is 4.98 Å². The minimum Gasteiger partial charge on any atom is -0.497 e. The molecule has 1 aromatic heterocycles. The second-order valence-electron chi connectivity index (χ2n) is 4.95. The fourth-order valence-corrected chi connectivity index (χ4v) is 2.21. The molecule has 1 aromatic carbocycles. The number of nitrogens with zero attached hydrogens (tertiary/aromatic N) is 2. The molecule has 2 rings (SSSR count). The number of nitrogens with one attached hydrogen (secondary N) is 1. The molecule has 4 heteroatoms. The van der Waals surface area contributed by atoms with Gasteiger partial charge in [0.15, 0.2) is 0 Å². The van der Waals surface area contributed by atoms with Crippen LogP contribution in [0, 0.1) is 0 Å². The highest BCUT2D eigenvalue weighted by Gasteiger charge is 2.07. The lowest BCUT2D eigenvalue weighted by Crippen LogP contribution is -2.20. The van der Waals surface area contributed by atoms with E-state index in [1.54, 1.807) is 7.11 Å².